The molecule has 1 aliphatic heterocycles. The first-order valence-corrected chi connectivity index (χ1v) is 5.82. The van der Waals surface area contributed by atoms with Crippen LogP contribution in [0.15, 0.2) is 0 Å². The molecule has 0 saturated carbocycles. The van der Waals surface area contributed by atoms with Crippen molar-refractivity contribution in [1.29, 1.82) is 5.26 Å². The maximum absolute atomic E-state index is 12.1. The number of piperazine rings is 1. The van der Waals surface area contributed by atoms with Gasteiger partial charge >= 0.3 is 0 Å². The number of hydrogen-bond donors (Lipinski definition) is 0. The third-order valence-electron chi connectivity index (χ3n) is 3.35. The van der Waals surface area contributed by atoms with Gasteiger partial charge in [-0.3, -0.25) is 9.69 Å². The molecule has 1 rings (SSSR count). The lowest BCUT2D eigenvalue weighted by molar-refractivity contribution is -0.148. The van der Waals surface area contributed by atoms with Crippen molar-refractivity contribution in [1.82, 2.24) is 9.80 Å². The molecule has 1 unspecified atom stereocenters. The van der Waals surface area contributed by atoms with Gasteiger partial charge in [-0.1, -0.05) is 6.92 Å². The molecule has 1 heterocycles. The second kappa shape index (κ2) is 4.84. The summed E-state index contributed by atoms with van der Waals surface area (Å²) < 4.78 is 0. The predicted octanol–water partition coefficient (Wildman–Crippen LogP) is 1.23. The summed E-state index contributed by atoms with van der Waals surface area (Å²) in [5.41, 5.74) is -0.141. The molecule has 16 heavy (non-hydrogen) atoms. The minimum Gasteiger partial charge on any atom is -0.338 e. The van der Waals surface area contributed by atoms with Gasteiger partial charge in [0.05, 0.1) is 12.5 Å². The Labute approximate surface area is 97.8 Å². The minimum absolute atomic E-state index is 0.0752. The number of rotatable bonds is 3. The molecule has 1 atom stereocenters. The Balaban J connectivity index is 2.89. The molecule has 0 radical (unpaired) electrons. The van der Waals surface area contributed by atoms with E-state index in [0.29, 0.717) is 6.42 Å². The number of hydrogen-bond acceptors (Lipinski definition) is 3. The van der Waals surface area contributed by atoms with Crippen LogP contribution >= 0.6 is 0 Å². The van der Waals surface area contributed by atoms with Crippen LogP contribution in [-0.2, 0) is 4.79 Å². The van der Waals surface area contributed by atoms with Gasteiger partial charge in [-0.25, -0.2) is 0 Å². The average molecular weight is 223 g/mol. The van der Waals surface area contributed by atoms with E-state index in [2.05, 4.69) is 31.7 Å². The lowest BCUT2D eigenvalue weighted by atomic mass is 9.94. The summed E-state index contributed by atoms with van der Waals surface area (Å²) in [6.45, 7) is 7.95. The molecular formula is C12H21N3O. The SMILES string of the molecule is CCCN1CC(C)(C)N(C)C(=O)C1CC#N. The molecule has 1 aliphatic rings. The summed E-state index contributed by atoms with van der Waals surface area (Å²) in [6.07, 6.45) is 1.30. The van der Waals surface area contributed by atoms with Crippen molar-refractivity contribution in [3.63, 3.8) is 0 Å². The van der Waals surface area contributed by atoms with Crippen molar-refractivity contribution in [2.75, 3.05) is 20.1 Å². The number of likely N-dealkylation sites (N-methyl/N-ethyl adjacent to an activating group) is 1. The van der Waals surface area contributed by atoms with Crippen LogP contribution in [0.3, 0.4) is 0 Å². The van der Waals surface area contributed by atoms with Crippen LogP contribution in [0, 0.1) is 11.3 Å². The Morgan fingerprint density at radius 2 is 2.19 bits per heavy atom. The van der Waals surface area contributed by atoms with E-state index in [1.807, 2.05) is 7.05 Å². The zero-order chi connectivity index (χ0) is 12.3. The number of carbonyl (C=O) groups excluding carboxylic acids is 1. The Hall–Kier alpha value is -1.08. The molecule has 1 fully saturated rings. The highest BCUT2D eigenvalue weighted by Gasteiger charge is 2.42. The zero-order valence-electron chi connectivity index (χ0n) is 10.7. The third-order valence-corrected chi connectivity index (χ3v) is 3.35. The fraction of sp³-hybridized carbons (Fsp3) is 0.833. The molecule has 0 aromatic carbocycles. The van der Waals surface area contributed by atoms with Gasteiger partial charge in [0.2, 0.25) is 5.91 Å². The molecule has 1 saturated heterocycles. The van der Waals surface area contributed by atoms with E-state index in [9.17, 15) is 4.79 Å². The van der Waals surface area contributed by atoms with Crippen LogP contribution in [0.5, 0.6) is 0 Å². The lowest BCUT2D eigenvalue weighted by Gasteiger charge is -2.48. The van der Waals surface area contributed by atoms with Crippen LogP contribution in [0.1, 0.15) is 33.6 Å². The standard InChI is InChI=1S/C12H21N3O/c1-5-8-15-9-12(2,3)14(4)11(16)10(15)6-7-13/h10H,5-6,8-9H2,1-4H3. The highest BCUT2D eigenvalue weighted by Crippen LogP contribution is 2.25. The number of nitriles is 1. The maximum atomic E-state index is 12.1. The number of nitrogens with zero attached hydrogens (tertiary/aromatic N) is 3. The number of carbonyl (C=O) groups is 1. The van der Waals surface area contributed by atoms with Gasteiger partial charge in [-0.15, -0.1) is 0 Å². The largest absolute Gasteiger partial charge is 0.338 e. The summed E-state index contributed by atoms with van der Waals surface area (Å²) in [5, 5.41) is 8.79. The molecule has 0 N–H and O–H groups in total. The van der Waals surface area contributed by atoms with Crippen LogP contribution in [0.2, 0.25) is 0 Å². The quantitative estimate of drug-likeness (QED) is 0.723. The minimum atomic E-state index is -0.247. The van der Waals surface area contributed by atoms with Crippen LogP contribution < -0.4 is 0 Å². The van der Waals surface area contributed by atoms with Crippen molar-refractivity contribution in [3.05, 3.63) is 0 Å². The maximum Gasteiger partial charge on any atom is 0.241 e. The molecule has 0 bridgehead atoms. The molecule has 0 aromatic rings. The van der Waals surface area contributed by atoms with Gasteiger partial charge in [-0.2, -0.15) is 5.26 Å². The Kier molecular flexibility index (Phi) is 3.93. The van der Waals surface area contributed by atoms with E-state index in [0.717, 1.165) is 19.5 Å². The summed E-state index contributed by atoms with van der Waals surface area (Å²) >= 11 is 0. The van der Waals surface area contributed by atoms with Gasteiger partial charge in [0.1, 0.15) is 6.04 Å². The summed E-state index contributed by atoms with van der Waals surface area (Å²) in [6, 6.07) is 1.87. The van der Waals surface area contributed by atoms with Crippen molar-refractivity contribution in [2.24, 2.45) is 0 Å². The van der Waals surface area contributed by atoms with Gasteiger partial charge in [0.15, 0.2) is 0 Å². The predicted molar refractivity (Wildman–Crippen MR) is 62.7 cm³/mol. The van der Waals surface area contributed by atoms with Crippen molar-refractivity contribution >= 4 is 5.91 Å². The molecular weight excluding hydrogens is 202 g/mol. The summed E-state index contributed by atoms with van der Waals surface area (Å²) in [7, 11) is 1.83. The van der Waals surface area contributed by atoms with Crippen molar-refractivity contribution in [3.8, 4) is 6.07 Å². The Bertz CT molecular complexity index is 306. The van der Waals surface area contributed by atoms with Crippen LogP contribution in [-0.4, -0.2) is 47.4 Å². The highest BCUT2D eigenvalue weighted by molar-refractivity contribution is 5.83. The van der Waals surface area contributed by atoms with Gasteiger partial charge < -0.3 is 4.90 Å². The fourth-order valence-electron chi connectivity index (χ4n) is 2.22. The fourth-order valence-corrected chi connectivity index (χ4v) is 2.22. The molecule has 1 amide bonds. The first kappa shape index (κ1) is 13.0. The van der Waals surface area contributed by atoms with Gasteiger partial charge in [-0.05, 0) is 26.8 Å². The Morgan fingerprint density at radius 1 is 1.56 bits per heavy atom. The third kappa shape index (κ3) is 2.35. The molecule has 0 aliphatic carbocycles. The molecule has 4 nitrogen and oxygen atoms in total. The van der Waals surface area contributed by atoms with E-state index < -0.39 is 0 Å². The van der Waals surface area contributed by atoms with E-state index in [1.165, 1.54) is 0 Å². The zero-order valence-corrected chi connectivity index (χ0v) is 10.7. The van der Waals surface area contributed by atoms with Crippen molar-refractivity contribution in [2.45, 2.75) is 45.2 Å². The second-order valence-electron chi connectivity index (χ2n) is 5.06. The normalized spacial score (nSPS) is 25.6. The highest BCUT2D eigenvalue weighted by atomic mass is 16.2. The second-order valence-corrected chi connectivity index (χ2v) is 5.06. The first-order chi connectivity index (χ1) is 7.44. The topological polar surface area (TPSA) is 47.3 Å². The van der Waals surface area contributed by atoms with Crippen LogP contribution in [0.25, 0.3) is 0 Å². The number of amides is 1. The smallest absolute Gasteiger partial charge is 0.241 e. The van der Waals surface area contributed by atoms with Gasteiger partial charge in [0.25, 0.3) is 0 Å². The summed E-state index contributed by atoms with van der Waals surface area (Å²) in [5.74, 6) is 0.0752. The molecule has 0 spiro atoms. The van der Waals surface area contributed by atoms with Crippen molar-refractivity contribution < 1.29 is 4.79 Å². The van der Waals surface area contributed by atoms with Crippen LogP contribution in [0.4, 0.5) is 0 Å². The van der Waals surface area contributed by atoms with E-state index in [4.69, 9.17) is 5.26 Å². The van der Waals surface area contributed by atoms with E-state index >= 15 is 0 Å². The van der Waals surface area contributed by atoms with Gasteiger partial charge in [0, 0.05) is 19.1 Å². The van der Waals surface area contributed by atoms with E-state index in [1.54, 1.807) is 4.90 Å². The summed E-state index contributed by atoms with van der Waals surface area (Å²) in [4.78, 5) is 16.1. The lowest BCUT2D eigenvalue weighted by Crippen LogP contribution is -2.64. The molecule has 90 valence electrons. The Morgan fingerprint density at radius 3 is 2.69 bits per heavy atom. The molecule has 4 heteroatoms. The molecule has 0 aromatic heterocycles. The monoisotopic (exact) mass is 223 g/mol. The average Bonchev–Trinajstić information content (AvgIpc) is 2.21. The van der Waals surface area contributed by atoms with E-state index in [-0.39, 0.29) is 17.5 Å². The first-order valence-electron chi connectivity index (χ1n) is 5.82.